The molecule has 0 aromatic heterocycles. The van der Waals surface area contributed by atoms with Gasteiger partial charge >= 0.3 is 0 Å². The van der Waals surface area contributed by atoms with Crippen LogP contribution in [0.4, 0.5) is 0 Å². The van der Waals surface area contributed by atoms with Crippen LogP contribution in [0.1, 0.15) is 23.6 Å². The summed E-state index contributed by atoms with van der Waals surface area (Å²) in [4.78, 5) is 13.1. The Morgan fingerprint density at radius 3 is 2.50 bits per heavy atom. The normalized spacial score (nSPS) is 12.1. The molecule has 100 valence electrons. The highest BCUT2D eigenvalue weighted by molar-refractivity contribution is 5.79. The number of aliphatic hydroxyl groups excluding tert-OH is 1. The van der Waals surface area contributed by atoms with Crippen molar-refractivity contribution in [3.05, 3.63) is 28.8 Å². The Morgan fingerprint density at radius 2 is 2.00 bits per heavy atom. The third-order valence-corrected chi connectivity index (χ3v) is 3.21. The van der Waals surface area contributed by atoms with Crippen LogP contribution in [0.15, 0.2) is 12.1 Å². The molecule has 0 aliphatic carbocycles. The lowest BCUT2D eigenvalue weighted by molar-refractivity contribution is -0.138. The monoisotopic (exact) mass is 251 g/mol. The van der Waals surface area contributed by atoms with Crippen LogP contribution < -0.4 is 4.74 Å². The van der Waals surface area contributed by atoms with Gasteiger partial charge in [-0.05, 0) is 43.5 Å². The number of ether oxygens (including phenoxy) is 1. The first-order valence-corrected chi connectivity index (χ1v) is 5.94. The molecule has 4 nitrogen and oxygen atoms in total. The number of benzene rings is 1. The van der Waals surface area contributed by atoms with Crippen molar-refractivity contribution in [1.29, 1.82) is 0 Å². The molecule has 1 unspecified atom stereocenters. The van der Waals surface area contributed by atoms with Crippen LogP contribution >= 0.6 is 0 Å². The van der Waals surface area contributed by atoms with Crippen LogP contribution in [0.2, 0.25) is 0 Å². The molecule has 1 rings (SSSR count). The molecule has 0 saturated heterocycles. The van der Waals surface area contributed by atoms with Gasteiger partial charge in [-0.2, -0.15) is 0 Å². The molecule has 1 amide bonds. The summed E-state index contributed by atoms with van der Waals surface area (Å²) < 4.78 is 5.25. The zero-order chi connectivity index (χ0) is 13.9. The molecule has 0 aliphatic heterocycles. The second-order valence-corrected chi connectivity index (χ2v) is 4.55. The van der Waals surface area contributed by atoms with E-state index in [1.54, 1.807) is 14.2 Å². The van der Waals surface area contributed by atoms with Gasteiger partial charge in [0.1, 0.15) is 11.9 Å². The summed E-state index contributed by atoms with van der Waals surface area (Å²) in [5.74, 6) is 0.573. The lowest BCUT2D eigenvalue weighted by atomic mass is 10.0. The van der Waals surface area contributed by atoms with E-state index in [0.29, 0.717) is 6.54 Å². The van der Waals surface area contributed by atoms with Crippen molar-refractivity contribution in [2.45, 2.75) is 33.4 Å². The van der Waals surface area contributed by atoms with Gasteiger partial charge in [-0.1, -0.05) is 6.07 Å². The lowest BCUT2D eigenvalue weighted by Gasteiger charge is -2.21. The van der Waals surface area contributed by atoms with Gasteiger partial charge in [-0.3, -0.25) is 4.79 Å². The van der Waals surface area contributed by atoms with Crippen molar-refractivity contribution in [1.82, 2.24) is 4.90 Å². The summed E-state index contributed by atoms with van der Waals surface area (Å²) in [7, 11) is 3.33. The predicted molar refractivity (Wildman–Crippen MR) is 70.6 cm³/mol. The maximum Gasteiger partial charge on any atom is 0.251 e. The van der Waals surface area contributed by atoms with E-state index in [1.807, 2.05) is 26.0 Å². The molecule has 0 heterocycles. The molecule has 0 spiro atoms. The highest BCUT2D eigenvalue weighted by atomic mass is 16.5. The number of hydrogen-bond acceptors (Lipinski definition) is 3. The van der Waals surface area contributed by atoms with Gasteiger partial charge in [0.25, 0.3) is 5.91 Å². The SMILES string of the molecule is COc1ccc(CN(C)C(=O)C(C)O)c(C)c1C. The summed E-state index contributed by atoms with van der Waals surface area (Å²) in [5, 5.41) is 9.26. The van der Waals surface area contributed by atoms with Crippen LogP contribution in [0, 0.1) is 13.8 Å². The number of hydrogen-bond donors (Lipinski definition) is 1. The third-order valence-electron chi connectivity index (χ3n) is 3.21. The van der Waals surface area contributed by atoms with E-state index in [1.165, 1.54) is 11.8 Å². The maximum absolute atomic E-state index is 11.6. The average molecular weight is 251 g/mol. The van der Waals surface area contributed by atoms with Crippen molar-refractivity contribution >= 4 is 5.91 Å². The van der Waals surface area contributed by atoms with E-state index >= 15 is 0 Å². The Morgan fingerprint density at radius 1 is 1.39 bits per heavy atom. The van der Waals surface area contributed by atoms with Gasteiger partial charge in [-0.25, -0.2) is 0 Å². The van der Waals surface area contributed by atoms with Gasteiger partial charge in [0.2, 0.25) is 0 Å². The van der Waals surface area contributed by atoms with Crippen LogP contribution in [0.5, 0.6) is 5.75 Å². The van der Waals surface area contributed by atoms with Gasteiger partial charge in [0.05, 0.1) is 7.11 Å². The van der Waals surface area contributed by atoms with E-state index in [4.69, 9.17) is 4.74 Å². The Kier molecular flexibility index (Phi) is 4.73. The van der Waals surface area contributed by atoms with Gasteiger partial charge < -0.3 is 14.7 Å². The first kappa shape index (κ1) is 14.5. The topological polar surface area (TPSA) is 49.8 Å². The standard InChI is InChI=1S/C14H21NO3/c1-9-10(2)13(18-5)7-6-12(9)8-15(4)14(17)11(3)16/h6-7,11,16H,8H2,1-5H3. The Labute approximate surface area is 108 Å². The molecule has 1 aromatic carbocycles. The van der Waals surface area contributed by atoms with Gasteiger partial charge in [0, 0.05) is 13.6 Å². The fourth-order valence-corrected chi connectivity index (χ4v) is 1.90. The third kappa shape index (κ3) is 3.01. The highest BCUT2D eigenvalue weighted by Crippen LogP contribution is 2.24. The average Bonchev–Trinajstić information content (AvgIpc) is 2.34. The molecule has 1 aromatic rings. The largest absolute Gasteiger partial charge is 0.496 e. The van der Waals surface area contributed by atoms with E-state index in [2.05, 4.69) is 0 Å². The van der Waals surface area contributed by atoms with Crippen LogP contribution in [-0.2, 0) is 11.3 Å². The van der Waals surface area contributed by atoms with Crippen molar-refractivity contribution in [2.75, 3.05) is 14.2 Å². The second-order valence-electron chi connectivity index (χ2n) is 4.55. The molecule has 4 heteroatoms. The molecule has 1 N–H and O–H groups in total. The summed E-state index contributed by atoms with van der Waals surface area (Å²) in [5.41, 5.74) is 3.25. The van der Waals surface area contributed by atoms with E-state index in [9.17, 15) is 9.90 Å². The van der Waals surface area contributed by atoms with Crippen molar-refractivity contribution in [3.8, 4) is 5.75 Å². The van der Waals surface area contributed by atoms with Crippen LogP contribution in [0.3, 0.4) is 0 Å². The quantitative estimate of drug-likeness (QED) is 0.885. The van der Waals surface area contributed by atoms with Crippen molar-refractivity contribution in [3.63, 3.8) is 0 Å². The molecule has 0 aliphatic rings. The molecular weight excluding hydrogens is 230 g/mol. The number of amides is 1. The number of aliphatic hydroxyl groups is 1. The molecule has 0 fully saturated rings. The van der Waals surface area contributed by atoms with E-state index < -0.39 is 6.10 Å². The minimum Gasteiger partial charge on any atom is -0.496 e. The summed E-state index contributed by atoms with van der Waals surface area (Å²) >= 11 is 0. The number of rotatable bonds is 4. The minimum absolute atomic E-state index is 0.275. The number of carbonyl (C=O) groups excluding carboxylic acids is 1. The lowest BCUT2D eigenvalue weighted by Crippen LogP contribution is -2.34. The molecule has 18 heavy (non-hydrogen) atoms. The number of methoxy groups -OCH3 is 1. The predicted octanol–water partition coefficient (Wildman–Crippen LogP) is 1.65. The second kappa shape index (κ2) is 5.87. The first-order valence-electron chi connectivity index (χ1n) is 5.94. The number of carbonyl (C=O) groups is 1. The number of likely N-dealkylation sites (N-methyl/N-ethyl adjacent to an activating group) is 1. The zero-order valence-corrected chi connectivity index (χ0v) is 11.7. The molecule has 0 saturated carbocycles. The van der Waals surface area contributed by atoms with Crippen LogP contribution in [-0.4, -0.2) is 36.2 Å². The molecule has 0 bridgehead atoms. The Bertz CT molecular complexity index is 441. The maximum atomic E-state index is 11.6. The van der Waals surface area contributed by atoms with Gasteiger partial charge in [0.15, 0.2) is 0 Å². The molecular formula is C14H21NO3. The zero-order valence-electron chi connectivity index (χ0n) is 11.7. The minimum atomic E-state index is -0.963. The molecule has 1 atom stereocenters. The Hall–Kier alpha value is -1.55. The highest BCUT2D eigenvalue weighted by Gasteiger charge is 2.16. The summed E-state index contributed by atoms with van der Waals surface area (Å²) in [6.07, 6.45) is -0.963. The summed E-state index contributed by atoms with van der Waals surface area (Å²) in [6, 6.07) is 3.85. The first-order chi connectivity index (χ1) is 8.38. The van der Waals surface area contributed by atoms with Gasteiger partial charge in [-0.15, -0.1) is 0 Å². The van der Waals surface area contributed by atoms with E-state index in [0.717, 1.165) is 22.4 Å². The van der Waals surface area contributed by atoms with Crippen molar-refractivity contribution in [2.24, 2.45) is 0 Å². The fourth-order valence-electron chi connectivity index (χ4n) is 1.90. The smallest absolute Gasteiger partial charge is 0.251 e. The fraction of sp³-hybridized carbons (Fsp3) is 0.500. The van der Waals surface area contributed by atoms with Crippen molar-refractivity contribution < 1.29 is 14.6 Å². The Balaban J connectivity index is 2.92. The number of nitrogens with zero attached hydrogens (tertiary/aromatic N) is 1. The summed E-state index contributed by atoms with van der Waals surface area (Å²) in [6.45, 7) is 5.97. The van der Waals surface area contributed by atoms with Crippen LogP contribution in [0.25, 0.3) is 0 Å². The molecule has 0 radical (unpaired) electrons. The van der Waals surface area contributed by atoms with E-state index in [-0.39, 0.29) is 5.91 Å².